The molecule has 0 N–H and O–H groups in total. The smallest absolute Gasteiger partial charge is 0.0850 e. The standard InChI is InChI=1S/C19H20N2OS2/c1-14(2)18-17(23-21-20-18)13-24(22)19(15-9-5-3-6-10-15)16-11-7-4-8-12-16/h3-12,14,19H,13H2,1-2H3. The minimum atomic E-state index is -1.09. The predicted molar refractivity (Wildman–Crippen MR) is 101 cm³/mol. The Kier molecular flexibility index (Phi) is 5.53. The fraction of sp³-hybridized carbons (Fsp3) is 0.263. The van der Waals surface area contributed by atoms with E-state index in [9.17, 15) is 4.21 Å². The minimum Gasteiger partial charge on any atom is -0.258 e. The van der Waals surface area contributed by atoms with Crippen LogP contribution in [-0.4, -0.2) is 13.8 Å². The van der Waals surface area contributed by atoms with Crippen LogP contribution in [0.25, 0.3) is 0 Å². The summed E-state index contributed by atoms with van der Waals surface area (Å²) in [5.41, 5.74) is 3.12. The van der Waals surface area contributed by atoms with Gasteiger partial charge in [0.25, 0.3) is 0 Å². The monoisotopic (exact) mass is 356 g/mol. The summed E-state index contributed by atoms with van der Waals surface area (Å²) in [6.45, 7) is 4.18. The van der Waals surface area contributed by atoms with Gasteiger partial charge < -0.3 is 0 Å². The molecule has 2 aromatic carbocycles. The molecule has 124 valence electrons. The number of hydrogen-bond donors (Lipinski definition) is 0. The van der Waals surface area contributed by atoms with Crippen LogP contribution in [-0.2, 0) is 16.6 Å². The Morgan fingerprint density at radius 1 is 0.958 bits per heavy atom. The van der Waals surface area contributed by atoms with Crippen LogP contribution in [0.5, 0.6) is 0 Å². The second kappa shape index (κ2) is 7.81. The van der Waals surface area contributed by atoms with Gasteiger partial charge in [-0.3, -0.25) is 4.21 Å². The molecule has 0 spiro atoms. The molecule has 1 aromatic heterocycles. The van der Waals surface area contributed by atoms with Crippen LogP contribution in [0.2, 0.25) is 0 Å². The highest BCUT2D eigenvalue weighted by Gasteiger charge is 2.23. The Morgan fingerprint density at radius 2 is 1.50 bits per heavy atom. The van der Waals surface area contributed by atoms with E-state index in [1.807, 2.05) is 60.7 Å². The molecule has 5 heteroatoms. The second-order valence-corrected chi connectivity index (χ2v) is 8.32. The van der Waals surface area contributed by atoms with Crippen LogP contribution in [0.3, 0.4) is 0 Å². The highest BCUT2D eigenvalue weighted by Crippen LogP contribution is 2.31. The Bertz CT molecular complexity index is 761. The summed E-state index contributed by atoms with van der Waals surface area (Å²) < 4.78 is 17.3. The summed E-state index contributed by atoms with van der Waals surface area (Å²) in [6.07, 6.45) is 0. The third kappa shape index (κ3) is 3.79. The van der Waals surface area contributed by atoms with Gasteiger partial charge in [0.15, 0.2) is 0 Å². The van der Waals surface area contributed by atoms with Gasteiger partial charge in [-0.15, -0.1) is 5.10 Å². The summed E-state index contributed by atoms with van der Waals surface area (Å²) in [5.74, 6) is 0.780. The van der Waals surface area contributed by atoms with E-state index >= 15 is 0 Å². The molecule has 0 radical (unpaired) electrons. The first-order chi connectivity index (χ1) is 11.7. The zero-order chi connectivity index (χ0) is 16.9. The molecular formula is C19H20N2OS2. The number of rotatable bonds is 6. The van der Waals surface area contributed by atoms with Crippen LogP contribution in [0.4, 0.5) is 0 Å². The summed E-state index contributed by atoms with van der Waals surface area (Å²) in [7, 11) is -1.09. The van der Waals surface area contributed by atoms with E-state index in [1.54, 1.807) is 0 Å². The Balaban J connectivity index is 1.94. The lowest BCUT2D eigenvalue weighted by atomic mass is 10.0. The zero-order valence-electron chi connectivity index (χ0n) is 13.8. The van der Waals surface area contributed by atoms with Crippen LogP contribution < -0.4 is 0 Å². The van der Waals surface area contributed by atoms with Gasteiger partial charge in [-0.25, -0.2) is 0 Å². The first-order valence-electron chi connectivity index (χ1n) is 7.95. The van der Waals surface area contributed by atoms with Gasteiger partial charge in [0.2, 0.25) is 0 Å². The number of hydrogen-bond acceptors (Lipinski definition) is 4. The Morgan fingerprint density at radius 3 is 2.00 bits per heavy atom. The molecular weight excluding hydrogens is 336 g/mol. The van der Waals surface area contributed by atoms with E-state index in [1.165, 1.54) is 11.5 Å². The van der Waals surface area contributed by atoms with Crippen LogP contribution in [0, 0.1) is 0 Å². The van der Waals surface area contributed by atoms with E-state index in [0.29, 0.717) is 11.7 Å². The third-order valence-corrected chi connectivity index (χ3v) is 6.44. The van der Waals surface area contributed by atoms with E-state index in [0.717, 1.165) is 21.7 Å². The molecule has 0 fully saturated rings. The van der Waals surface area contributed by atoms with Crippen molar-refractivity contribution >= 4 is 22.3 Å². The molecule has 1 unspecified atom stereocenters. The second-order valence-electron chi connectivity index (χ2n) is 5.96. The molecule has 0 amide bonds. The van der Waals surface area contributed by atoms with Crippen molar-refractivity contribution in [3.05, 3.63) is 82.4 Å². The Hall–Kier alpha value is -1.85. The van der Waals surface area contributed by atoms with Crippen molar-refractivity contribution in [1.29, 1.82) is 0 Å². The van der Waals surface area contributed by atoms with E-state index in [-0.39, 0.29) is 5.25 Å². The van der Waals surface area contributed by atoms with Gasteiger partial charge in [-0.2, -0.15) is 0 Å². The number of nitrogens with zero attached hydrogens (tertiary/aromatic N) is 2. The third-order valence-electron chi connectivity index (χ3n) is 3.87. The van der Waals surface area contributed by atoms with Gasteiger partial charge >= 0.3 is 0 Å². The fourth-order valence-corrected chi connectivity index (χ4v) is 5.37. The summed E-state index contributed by atoms with van der Waals surface area (Å²) in [5, 5.41) is 4.06. The van der Waals surface area contributed by atoms with E-state index < -0.39 is 10.8 Å². The molecule has 3 nitrogen and oxygen atoms in total. The molecule has 3 rings (SSSR count). The van der Waals surface area contributed by atoms with Crippen LogP contribution in [0.1, 0.15) is 46.7 Å². The van der Waals surface area contributed by atoms with E-state index in [4.69, 9.17) is 0 Å². The first-order valence-corrected chi connectivity index (χ1v) is 10.1. The molecule has 0 aliphatic heterocycles. The minimum absolute atomic E-state index is 0.144. The first kappa shape index (κ1) is 17.0. The average molecular weight is 357 g/mol. The van der Waals surface area contributed by atoms with Crippen molar-refractivity contribution in [2.24, 2.45) is 0 Å². The van der Waals surface area contributed by atoms with Crippen LogP contribution >= 0.6 is 11.5 Å². The van der Waals surface area contributed by atoms with Crippen molar-refractivity contribution in [1.82, 2.24) is 9.59 Å². The lowest BCUT2D eigenvalue weighted by Crippen LogP contribution is -2.11. The van der Waals surface area contributed by atoms with Crippen molar-refractivity contribution in [2.45, 2.75) is 30.8 Å². The molecule has 0 aliphatic carbocycles. The molecule has 3 aromatic rings. The quantitative estimate of drug-likeness (QED) is 0.643. The molecule has 24 heavy (non-hydrogen) atoms. The zero-order valence-corrected chi connectivity index (χ0v) is 15.4. The fourth-order valence-electron chi connectivity index (χ4n) is 2.72. The van der Waals surface area contributed by atoms with Crippen molar-refractivity contribution in [3.63, 3.8) is 0 Å². The lowest BCUT2D eigenvalue weighted by molar-refractivity contribution is 0.677. The highest BCUT2D eigenvalue weighted by atomic mass is 32.2. The SMILES string of the molecule is CC(C)c1nnsc1CS(=O)C(c1ccccc1)c1ccccc1. The molecule has 0 saturated heterocycles. The number of aromatic nitrogens is 2. The maximum atomic E-state index is 13.2. The molecule has 0 aliphatic rings. The highest BCUT2D eigenvalue weighted by molar-refractivity contribution is 7.84. The van der Waals surface area contributed by atoms with Gasteiger partial charge in [0.05, 0.1) is 21.6 Å². The molecule has 1 heterocycles. The summed E-state index contributed by atoms with van der Waals surface area (Å²) >= 11 is 1.36. The summed E-state index contributed by atoms with van der Waals surface area (Å²) in [4.78, 5) is 1.03. The predicted octanol–water partition coefficient (Wildman–Crippen LogP) is 4.70. The largest absolute Gasteiger partial charge is 0.258 e. The van der Waals surface area contributed by atoms with Gasteiger partial charge in [0, 0.05) is 10.8 Å². The normalized spacial score (nSPS) is 12.7. The maximum absolute atomic E-state index is 13.2. The van der Waals surface area contributed by atoms with E-state index in [2.05, 4.69) is 23.4 Å². The van der Waals surface area contributed by atoms with Gasteiger partial charge in [-0.05, 0) is 28.6 Å². The lowest BCUT2D eigenvalue weighted by Gasteiger charge is -2.18. The molecule has 1 atom stereocenters. The maximum Gasteiger partial charge on any atom is 0.0850 e. The van der Waals surface area contributed by atoms with Crippen molar-refractivity contribution < 1.29 is 4.21 Å². The summed E-state index contributed by atoms with van der Waals surface area (Å²) in [6, 6.07) is 20.1. The topological polar surface area (TPSA) is 42.9 Å². The van der Waals surface area contributed by atoms with Crippen molar-refractivity contribution in [3.8, 4) is 0 Å². The van der Waals surface area contributed by atoms with Gasteiger partial charge in [0.1, 0.15) is 0 Å². The Labute approximate surface area is 149 Å². The average Bonchev–Trinajstić information content (AvgIpc) is 3.05. The molecule has 0 saturated carbocycles. The van der Waals surface area contributed by atoms with Gasteiger partial charge in [-0.1, -0.05) is 79.0 Å². The number of benzene rings is 2. The molecule has 0 bridgehead atoms. The van der Waals surface area contributed by atoms with Crippen molar-refractivity contribution in [2.75, 3.05) is 0 Å². The van der Waals surface area contributed by atoms with Crippen LogP contribution in [0.15, 0.2) is 60.7 Å².